The standard InChI is InChI=1S/C16H14O2/c1-18-16(17)15(14-10-6-3-7-11-14)12-13-8-4-2-5-9-13/h2-12H,1H3/b15-12+. The third-order valence-corrected chi connectivity index (χ3v) is 2.60. The minimum absolute atomic E-state index is 0.329. The van der Waals surface area contributed by atoms with Crippen molar-refractivity contribution in [2.24, 2.45) is 0 Å². The zero-order valence-corrected chi connectivity index (χ0v) is 10.2. The predicted molar refractivity (Wildman–Crippen MR) is 72.8 cm³/mol. The molecule has 2 nitrogen and oxygen atoms in total. The molecular weight excluding hydrogens is 224 g/mol. The van der Waals surface area contributed by atoms with Crippen molar-refractivity contribution >= 4 is 17.6 Å². The quantitative estimate of drug-likeness (QED) is 0.465. The second kappa shape index (κ2) is 5.82. The van der Waals surface area contributed by atoms with E-state index in [2.05, 4.69) is 0 Å². The van der Waals surface area contributed by atoms with Crippen LogP contribution in [-0.4, -0.2) is 13.1 Å². The number of rotatable bonds is 3. The summed E-state index contributed by atoms with van der Waals surface area (Å²) in [5.74, 6) is -0.329. The van der Waals surface area contributed by atoms with Crippen LogP contribution in [0, 0.1) is 0 Å². The molecule has 2 aromatic rings. The minimum atomic E-state index is -0.329. The van der Waals surface area contributed by atoms with Gasteiger partial charge < -0.3 is 4.74 Å². The first-order chi connectivity index (χ1) is 8.81. The Labute approximate surface area is 107 Å². The average molecular weight is 238 g/mol. The summed E-state index contributed by atoms with van der Waals surface area (Å²) in [7, 11) is 1.39. The van der Waals surface area contributed by atoms with Crippen molar-refractivity contribution in [1.29, 1.82) is 0 Å². The fraction of sp³-hybridized carbons (Fsp3) is 0.0625. The lowest BCUT2D eigenvalue weighted by Gasteiger charge is -2.05. The summed E-state index contributed by atoms with van der Waals surface area (Å²) in [4.78, 5) is 11.8. The number of carbonyl (C=O) groups excluding carboxylic acids is 1. The summed E-state index contributed by atoms with van der Waals surface area (Å²) in [5, 5.41) is 0. The smallest absolute Gasteiger partial charge is 0.338 e. The lowest BCUT2D eigenvalue weighted by atomic mass is 10.0. The van der Waals surface area contributed by atoms with Gasteiger partial charge in [-0.15, -0.1) is 0 Å². The molecule has 0 saturated carbocycles. The molecule has 0 spiro atoms. The Hall–Kier alpha value is -2.35. The van der Waals surface area contributed by atoms with Crippen LogP contribution in [0.2, 0.25) is 0 Å². The third-order valence-electron chi connectivity index (χ3n) is 2.60. The molecular formula is C16H14O2. The van der Waals surface area contributed by atoms with E-state index in [9.17, 15) is 4.79 Å². The first-order valence-corrected chi connectivity index (χ1v) is 5.72. The van der Waals surface area contributed by atoms with Crippen LogP contribution in [0.25, 0.3) is 11.6 Å². The number of carbonyl (C=O) groups is 1. The molecule has 0 aromatic heterocycles. The molecule has 0 fully saturated rings. The van der Waals surface area contributed by atoms with Gasteiger partial charge in [0.25, 0.3) is 0 Å². The monoisotopic (exact) mass is 238 g/mol. The van der Waals surface area contributed by atoms with Gasteiger partial charge in [-0.3, -0.25) is 0 Å². The van der Waals surface area contributed by atoms with Gasteiger partial charge in [-0.1, -0.05) is 60.7 Å². The highest BCUT2D eigenvalue weighted by Crippen LogP contribution is 2.19. The number of ether oxygens (including phenoxy) is 1. The fourth-order valence-corrected chi connectivity index (χ4v) is 1.70. The third kappa shape index (κ3) is 2.86. The highest BCUT2D eigenvalue weighted by atomic mass is 16.5. The van der Waals surface area contributed by atoms with Gasteiger partial charge in [-0.05, 0) is 17.2 Å². The Morgan fingerprint density at radius 2 is 1.50 bits per heavy atom. The molecule has 2 aromatic carbocycles. The van der Waals surface area contributed by atoms with Crippen molar-refractivity contribution in [3.05, 3.63) is 71.8 Å². The molecule has 0 aliphatic heterocycles. The van der Waals surface area contributed by atoms with Gasteiger partial charge in [-0.2, -0.15) is 0 Å². The maximum Gasteiger partial charge on any atom is 0.338 e. The number of hydrogen-bond acceptors (Lipinski definition) is 2. The molecule has 0 heterocycles. The van der Waals surface area contributed by atoms with Gasteiger partial charge in [0.2, 0.25) is 0 Å². The Balaban J connectivity index is 2.44. The van der Waals surface area contributed by atoms with E-state index < -0.39 is 0 Å². The van der Waals surface area contributed by atoms with Crippen LogP contribution in [0.1, 0.15) is 11.1 Å². The Bertz CT molecular complexity index is 542. The van der Waals surface area contributed by atoms with Crippen LogP contribution < -0.4 is 0 Å². The maximum absolute atomic E-state index is 11.8. The van der Waals surface area contributed by atoms with E-state index in [1.165, 1.54) is 7.11 Å². The van der Waals surface area contributed by atoms with Gasteiger partial charge in [0.15, 0.2) is 0 Å². The van der Waals surface area contributed by atoms with E-state index >= 15 is 0 Å². The Morgan fingerprint density at radius 3 is 2.06 bits per heavy atom. The van der Waals surface area contributed by atoms with Crippen molar-refractivity contribution in [2.75, 3.05) is 7.11 Å². The number of methoxy groups -OCH3 is 1. The van der Waals surface area contributed by atoms with Gasteiger partial charge in [0.1, 0.15) is 0 Å². The summed E-state index contributed by atoms with van der Waals surface area (Å²) in [6.07, 6.45) is 1.83. The number of esters is 1. The van der Waals surface area contributed by atoms with Crippen LogP contribution in [0.15, 0.2) is 60.7 Å². The molecule has 0 aliphatic rings. The topological polar surface area (TPSA) is 26.3 Å². The van der Waals surface area contributed by atoms with Gasteiger partial charge >= 0.3 is 5.97 Å². The van der Waals surface area contributed by atoms with Crippen molar-refractivity contribution in [1.82, 2.24) is 0 Å². The first kappa shape index (κ1) is 12.1. The highest BCUT2D eigenvalue weighted by molar-refractivity contribution is 6.21. The lowest BCUT2D eigenvalue weighted by Crippen LogP contribution is -2.03. The minimum Gasteiger partial charge on any atom is -0.465 e. The molecule has 0 saturated heterocycles. The second-order valence-electron chi connectivity index (χ2n) is 3.83. The second-order valence-corrected chi connectivity index (χ2v) is 3.83. The van der Waals surface area contributed by atoms with Crippen molar-refractivity contribution in [2.45, 2.75) is 0 Å². The Kier molecular flexibility index (Phi) is 3.92. The average Bonchev–Trinajstić information content (AvgIpc) is 2.46. The predicted octanol–water partition coefficient (Wildman–Crippen LogP) is 3.40. The zero-order valence-electron chi connectivity index (χ0n) is 10.2. The van der Waals surface area contributed by atoms with E-state index in [1.54, 1.807) is 0 Å². The molecule has 0 bridgehead atoms. The lowest BCUT2D eigenvalue weighted by molar-refractivity contribution is -0.133. The van der Waals surface area contributed by atoms with Crippen LogP contribution in [-0.2, 0) is 9.53 Å². The van der Waals surface area contributed by atoms with Crippen molar-refractivity contribution < 1.29 is 9.53 Å². The van der Waals surface area contributed by atoms with Crippen LogP contribution in [0.3, 0.4) is 0 Å². The van der Waals surface area contributed by atoms with E-state index in [0.29, 0.717) is 5.57 Å². The van der Waals surface area contributed by atoms with Crippen molar-refractivity contribution in [3.8, 4) is 0 Å². The van der Waals surface area contributed by atoms with E-state index in [0.717, 1.165) is 11.1 Å². The Morgan fingerprint density at radius 1 is 0.944 bits per heavy atom. The molecule has 0 amide bonds. The zero-order chi connectivity index (χ0) is 12.8. The van der Waals surface area contributed by atoms with Crippen LogP contribution >= 0.6 is 0 Å². The summed E-state index contributed by atoms with van der Waals surface area (Å²) in [5.41, 5.74) is 2.39. The summed E-state index contributed by atoms with van der Waals surface area (Å²) >= 11 is 0. The molecule has 0 radical (unpaired) electrons. The van der Waals surface area contributed by atoms with Gasteiger partial charge in [0.05, 0.1) is 12.7 Å². The largest absolute Gasteiger partial charge is 0.465 e. The molecule has 2 rings (SSSR count). The van der Waals surface area contributed by atoms with Gasteiger partial charge in [-0.25, -0.2) is 4.79 Å². The van der Waals surface area contributed by atoms with E-state index in [1.807, 2.05) is 66.7 Å². The van der Waals surface area contributed by atoms with E-state index in [4.69, 9.17) is 4.74 Å². The van der Waals surface area contributed by atoms with Crippen molar-refractivity contribution in [3.63, 3.8) is 0 Å². The molecule has 0 N–H and O–H groups in total. The SMILES string of the molecule is COC(=O)/C(=C/c1ccccc1)c1ccccc1. The number of benzene rings is 2. The van der Waals surface area contributed by atoms with Crippen LogP contribution in [0.5, 0.6) is 0 Å². The maximum atomic E-state index is 11.8. The molecule has 0 atom stereocenters. The van der Waals surface area contributed by atoms with Gasteiger partial charge in [0, 0.05) is 0 Å². The number of hydrogen-bond donors (Lipinski definition) is 0. The van der Waals surface area contributed by atoms with Crippen LogP contribution in [0.4, 0.5) is 0 Å². The normalized spacial score (nSPS) is 11.1. The highest BCUT2D eigenvalue weighted by Gasteiger charge is 2.11. The summed E-state index contributed by atoms with van der Waals surface area (Å²) < 4.78 is 4.83. The fourth-order valence-electron chi connectivity index (χ4n) is 1.70. The summed E-state index contributed by atoms with van der Waals surface area (Å²) in [6.45, 7) is 0. The molecule has 2 heteroatoms. The molecule has 90 valence electrons. The molecule has 0 aliphatic carbocycles. The van der Waals surface area contributed by atoms with E-state index in [-0.39, 0.29) is 5.97 Å². The molecule has 0 unspecified atom stereocenters. The first-order valence-electron chi connectivity index (χ1n) is 5.72. The summed E-state index contributed by atoms with van der Waals surface area (Å²) in [6, 6.07) is 19.2. The molecule has 18 heavy (non-hydrogen) atoms.